The first-order valence-electron chi connectivity index (χ1n) is 9.52. The van der Waals surface area contributed by atoms with E-state index in [0.717, 1.165) is 0 Å². The Kier molecular flexibility index (Phi) is 7.97. The summed E-state index contributed by atoms with van der Waals surface area (Å²) in [6, 6.07) is 6.20. The first-order chi connectivity index (χ1) is 13.3. The van der Waals surface area contributed by atoms with Gasteiger partial charge in [0.1, 0.15) is 0 Å². The molecule has 0 spiro atoms. The minimum absolute atomic E-state index is 0.0930. The largest absolute Gasteiger partial charge is 0.469 e. The molecular weight excluding hydrogens is 382 g/mol. The van der Waals surface area contributed by atoms with Gasteiger partial charge in [-0.25, -0.2) is 8.42 Å². The maximum absolute atomic E-state index is 12.5. The van der Waals surface area contributed by atoms with Crippen LogP contribution in [0.15, 0.2) is 29.2 Å². The van der Waals surface area contributed by atoms with E-state index in [1.54, 1.807) is 26.0 Å². The van der Waals surface area contributed by atoms with Gasteiger partial charge in [-0.1, -0.05) is 13.8 Å². The lowest BCUT2D eigenvalue weighted by Crippen LogP contribution is -2.41. The first kappa shape index (κ1) is 22.3. The maximum atomic E-state index is 12.5. The average molecular weight is 412 g/mol. The molecule has 1 N–H and O–H groups in total. The first-order valence-corrected chi connectivity index (χ1v) is 11.0. The van der Waals surface area contributed by atoms with E-state index in [1.807, 2.05) is 4.90 Å². The molecule has 1 aliphatic heterocycles. The van der Waals surface area contributed by atoms with Crippen molar-refractivity contribution in [1.82, 2.24) is 9.21 Å². The second kappa shape index (κ2) is 9.99. The highest BCUT2D eigenvalue weighted by Gasteiger charge is 2.26. The van der Waals surface area contributed by atoms with Gasteiger partial charge < -0.3 is 10.1 Å². The summed E-state index contributed by atoms with van der Waals surface area (Å²) in [5, 5.41) is 2.79. The molecule has 156 valence electrons. The molecule has 1 saturated heterocycles. The molecule has 0 radical (unpaired) electrons. The van der Waals surface area contributed by atoms with Gasteiger partial charge in [-0.05, 0) is 50.2 Å². The van der Waals surface area contributed by atoms with E-state index >= 15 is 0 Å². The molecule has 8 nitrogen and oxygen atoms in total. The SMILES string of the molecule is CCN(CC)S(=O)(=O)c1ccc(NC(=O)CN2CCC(C(=O)OC)CC2)cc1. The van der Waals surface area contributed by atoms with Crippen LogP contribution in [0, 0.1) is 5.92 Å². The van der Waals surface area contributed by atoms with Crippen LogP contribution in [0.1, 0.15) is 26.7 Å². The normalized spacial score (nSPS) is 16.1. The van der Waals surface area contributed by atoms with Crippen LogP contribution in [0.25, 0.3) is 0 Å². The fourth-order valence-corrected chi connectivity index (χ4v) is 4.78. The number of piperidine rings is 1. The van der Waals surface area contributed by atoms with Crippen molar-refractivity contribution in [3.05, 3.63) is 24.3 Å². The number of nitrogens with zero attached hydrogens (tertiary/aromatic N) is 2. The second-order valence-electron chi connectivity index (χ2n) is 6.74. The van der Waals surface area contributed by atoms with Crippen LogP contribution in [0.4, 0.5) is 5.69 Å². The Labute approximate surface area is 166 Å². The number of carbonyl (C=O) groups excluding carboxylic acids is 2. The van der Waals surface area contributed by atoms with Crippen molar-refractivity contribution in [1.29, 1.82) is 0 Å². The summed E-state index contributed by atoms with van der Waals surface area (Å²) >= 11 is 0. The van der Waals surface area contributed by atoms with Gasteiger partial charge in [0, 0.05) is 18.8 Å². The van der Waals surface area contributed by atoms with Crippen LogP contribution in [0.2, 0.25) is 0 Å². The van der Waals surface area contributed by atoms with E-state index < -0.39 is 10.0 Å². The van der Waals surface area contributed by atoms with Crippen molar-refractivity contribution in [2.45, 2.75) is 31.6 Å². The molecule has 1 heterocycles. The Morgan fingerprint density at radius 3 is 2.21 bits per heavy atom. The molecule has 0 atom stereocenters. The third kappa shape index (κ3) is 5.52. The highest BCUT2D eigenvalue weighted by molar-refractivity contribution is 7.89. The van der Waals surface area contributed by atoms with Gasteiger partial charge in [-0.15, -0.1) is 0 Å². The average Bonchev–Trinajstić information content (AvgIpc) is 2.69. The van der Waals surface area contributed by atoms with Crippen molar-refractivity contribution < 1.29 is 22.7 Å². The van der Waals surface area contributed by atoms with Crippen LogP contribution in [0.5, 0.6) is 0 Å². The number of sulfonamides is 1. The van der Waals surface area contributed by atoms with E-state index in [0.29, 0.717) is 44.7 Å². The lowest BCUT2D eigenvalue weighted by atomic mass is 9.97. The Bertz CT molecular complexity index is 767. The summed E-state index contributed by atoms with van der Waals surface area (Å²) < 4.78 is 31.1. The summed E-state index contributed by atoms with van der Waals surface area (Å²) in [7, 11) is -2.12. The van der Waals surface area contributed by atoms with Gasteiger partial charge in [-0.2, -0.15) is 4.31 Å². The molecule has 1 aromatic rings. The quantitative estimate of drug-likeness (QED) is 0.652. The minimum Gasteiger partial charge on any atom is -0.469 e. The number of hydrogen-bond donors (Lipinski definition) is 1. The molecule has 28 heavy (non-hydrogen) atoms. The van der Waals surface area contributed by atoms with Crippen LogP contribution < -0.4 is 5.32 Å². The van der Waals surface area contributed by atoms with Crippen LogP contribution in [0.3, 0.4) is 0 Å². The lowest BCUT2D eigenvalue weighted by molar-refractivity contribution is -0.147. The summed E-state index contributed by atoms with van der Waals surface area (Å²) in [4.78, 5) is 26.0. The number of anilines is 1. The van der Waals surface area contributed by atoms with Gasteiger partial charge in [0.2, 0.25) is 15.9 Å². The van der Waals surface area contributed by atoms with Crippen molar-refractivity contribution in [2.75, 3.05) is 45.2 Å². The standard InChI is InChI=1S/C19H29N3O5S/c1-4-22(5-2)28(25,26)17-8-6-16(7-9-17)20-18(23)14-21-12-10-15(11-13-21)19(24)27-3/h6-9,15H,4-5,10-14H2,1-3H3,(H,20,23). The number of esters is 1. The molecular formula is C19H29N3O5S. The van der Waals surface area contributed by atoms with Gasteiger partial charge in [-0.3, -0.25) is 14.5 Å². The Balaban J connectivity index is 1.89. The molecule has 9 heteroatoms. The van der Waals surface area contributed by atoms with Crippen molar-refractivity contribution in [3.63, 3.8) is 0 Å². The van der Waals surface area contributed by atoms with E-state index in [1.165, 1.54) is 23.5 Å². The van der Waals surface area contributed by atoms with Gasteiger partial charge in [0.05, 0.1) is 24.5 Å². The van der Waals surface area contributed by atoms with Crippen LogP contribution in [-0.4, -0.2) is 69.3 Å². The summed E-state index contributed by atoms with van der Waals surface area (Å²) in [5.74, 6) is -0.454. The Morgan fingerprint density at radius 2 is 1.71 bits per heavy atom. The summed E-state index contributed by atoms with van der Waals surface area (Å²) in [6.45, 7) is 5.96. The molecule has 0 bridgehead atoms. The smallest absolute Gasteiger partial charge is 0.308 e. The number of rotatable bonds is 8. The zero-order chi connectivity index (χ0) is 20.7. The zero-order valence-electron chi connectivity index (χ0n) is 16.7. The summed E-state index contributed by atoms with van der Waals surface area (Å²) in [5.41, 5.74) is 0.549. The highest BCUT2D eigenvalue weighted by Crippen LogP contribution is 2.20. The third-order valence-corrected chi connectivity index (χ3v) is 7.03. The monoisotopic (exact) mass is 411 g/mol. The number of benzene rings is 1. The number of methoxy groups -OCH3 is 1. The Hall–Kier alpha value is -1.97. The number of ether oxygens (including phenoxy) is 1. The molecule has 2 rings (SSSR count). The molecule has 0 unspecified atom stereocenters. The molecule has 1 fully saturated rings. The fourth-order valence-electron chi connectivity index (χ4n) is 3.32. The Morgan fingerprint density at radius 1 is 1.14 bits per heavy atom. The third-order valence-electron chi connectivity index (χ3n) is 4.97. The van der Waals surface area contributed by atoms with Crippen molar-refractivity contribution >= 4 is 27.6 Å². The summed E-state index contributed by atoms with van der Waals surface area (Å²) in [6.07, 6.45) is 1.36. The maximum Gasteiger partial charge on any atom is 0.308 e. The highest BCUT2D eigenvalue weighted by atomic mass is 32.2. The number of amides is 1. The number of likely N-dealkylation sites (tertiary alicyclic amines) is 1. The van der Waals surface area contributed by atoms with Crippen molar-refractivity contribution in [2.24, 2.45) is 5.92 Å². The van der Waals surface area contributed by atoms with Gasteiger partial charge >= 0.3 is 5.97 Å². The molecule has 1 aromatic carbocycles. The number of nitrogens with one attached hydrogen (secondary N) is 1. The lowest BCUT2D eigenvalue weighted by Gasteiger charge is -2.29. The van der Waals surface area contributed by atoms with Gasteiger partial charge in [0.15, 0.2) is 0 Å². The molecule has 1 amide bonds. The zero-order valence-corrected chi connectivity index (χ0v) is 17.5. The van der Waals surface area contributed by atoms with Gasteiger partial charge in [0.25, 0.3) is 0 Å². The van der Waals surface area contributed by atoms with E-state index in [2.05, 4.69) is 5.32 Å². The topological polar surface area (TPSA) is 96.0 Å². The molecule has 0 aromatic heterocycles. The van der Waals surface area contributed by atoms with Crippen LogP contribution >= 0.6 is 0 Å². The molecule has 1 aliphatic rings. The fraction of sp³-hybridized carbons (Fsp3) is 0.579. The van der Waals surface area contributed by atoms with Crippen LogP contribution in [-0.2, 0) is 24.3 Å². The predicted molar refractivity (Wildman–Crippen MR) is 106 cm³/mol. The molecule has 0 aliphatic carbocycles. The van der Waals surface area contributed by atoms with Crippen molar-refractivity contribution in [3.8, 4) is 0 Å². The second-order valence-corrected chi connectivity index (χ2v) is 8.67. The van der Waals surface area contributed by atoms with E-state index in [9.17, 15) is 18.0 Å². The number of hydrogen-bond acceptors (Lipinski definition) is 6. The minimum atomic E-state index is -3.51. The van der Waals surface area contributed by atoms with E-state index in [4.69, 9.17) is 4.74 Å². The molecule has 0 saturated carbocycles. The number of carbonyl (C=O) groups is 2. The van der Waals surface area contributed by atoms with E-state index in [-0.39, 0.29) is 29.2 Å². The predicted octanol–water partition coefficient (Wildman–Crippen LogP) is 1.54.